The Balaban J connectivity index is 3.45. The fourth-order valence-corrected chi connectivity index (χ4v) is 0.918. The highest BCUT2D eigenvalue weighted by Crippen LogP contribution is 2.01. The van der Waals surface area contributed by atoms with Gasteiger partial charge in [-0.1, -0.05) is 13.8 Å². The molecule has 0 aromatic heterocycles. The first kappa shape index (κ1) is 13.9. The van der Waals surface area contributed by atoms with Crippen molar-refractivity contribution in [2.45, 2.75) is 40.0 Å². The number of esters is 2. The standard InChI is InChI=1S/C11H20O4/c1-4-14-10(12)5-6-11(13)15-8-7-9(2)3/h9H,4-8H2,1-3H3. The van der Waals surface area contributed by atoms with E-state index < -0.39 is 0 Å². The van der Waals surface area contributed by atoms with Crippen molar-refractivity contribution in [3.8, 4) is 0 Å². The Labute approximate surface area is 90.9 Å². The molecule has 0 rings (SSSR count). The van der Waals surface area contributed by atoms with Crippen LogP contribution in [0.2, 0.25) is 0 Å². The predicted molar refractivity (Wildman–Crippen MR) is 56.3 cm³/mol. The van der Waals surface area contributed by atoms with Gasteiger partial charge in [0.1, 0.15) is 0 Å². The monoisotopic (exact) mass is 216 g/mol. The Kier molecular flexibility index (Phi) is 7.68. The second kappa shape index (κ2) is 8.26. The van der Waals surface area contributed by atoms with Crippen molar-refractivity contribution in [1.29, 1.82) is 0 Å². The van der Waals surface area contributed by atoms with Crippen LogP contribution in [0.5, 0.6) is 0 Å². The third-order valence-corrected chi connectivity index (χ3v) is 1.80. The summed E-state index contributed by atoms with van der Waals surface area (Å²) < 4.78 is 9.62. The SMILES string of the molecule is CCOC(=O)CCC(=O)OCCC(C)C. The zero-order chi connectivity index (χ0) is 11.7. The zero-order valence-electron chi connectivity index (χ0n) is 9.75. The van der Waals surface area contributed by atoms with Gasteiger partial charge < -0.3 is 9.47 Å². The van der Waals surface area contributed by atoms with Gasteiger partial charge >= 0.3 is 11.9 Å². The van der Waals surface area contributed by atoms with E-state index in [1.807, 2.05) is 0 Å². The molecule has 0 aliphatic heterocycles. The minimum absolute atomic E-state index is 0.106. The van der Waals surface area contributed by atoms with Crippen LogP contribution < -0.4 is 0 Å². The normalized spacial score (nSPS) is 10.1. The van der Waals surface area contributed by atoms with Crippen LogP contribution in [0.3, 0.4) is 0 Å². The van der Waals surface area contributed by atoms with E-state index in [0.717, 1.165) is 6.42 Å². The maximum Gasteiger partial charge on any atom is 0.306 e. The number of hydrogen-bond acceptors (Lipinski definition) is 4. The first-order valence-corrected chi connectivity index (χ1v) is 5.37. The molecule has 4 heteroatoms. The topological polar surface area (TPSA) is 52.6 Å². The van der Waals surface area contributed by atoms with Crippen LogP contribution in [0, 0.1) is 5.92 Å². The van der Waals surface area contributed by atoms with Gasteiger partial charge in [0.2, 0.25) is 0 Å². The maximum atomic E-state index is 11.1. The van der Waals surface area contributed by atoms with Gasteiger partial charge in [0.05, 0.1) is 26.1 Å². The van der Waals surface area contributed by atoms with E-state index in [1.54, 1.807) is 6.92 Å². The number of carbonyl (C=O) groups excluding carboxylic acids is 2. The summed E-state index contributed by atoms with van der Waals surface area (Å²) in [5.41, 5.74) is 0. The molecule has 0 spiro atoms. The van der Waals surface area contributed by atoms with Crippen LogP contribution in [-0.4, -0.2) is 25.2 Å². The second-order valence-electron chi connectivity index (χ2n) is 3.71. The molecule has 0 heterocycles. The lowest BCUT2D eigenvalue weighted by Gasteiger charge is -2.06. The Morgan fingerprint density at radius 2 is 1.60 bits per heavy atom. The fourth-order valence-electron chi connectivity index (χ4n) is 0.918. The van der Waals surface area contributed by atoms with Crippen LogP contribution in [0.1, 0.15) is 40.0 Å². The third-order valence-electron chi connectivity index (χ3n) is 1.80. The highest BCUT2D eigenvalue weighted by molar-refractivity contribution is 5.77. The van der Waals surface area contributed by atoms with Crippen molar-refractivity contribution in [3.63, 3.8) is 0 Å². The van der Waals surface area contributed by atoms with Crippen molar-refractivity contribution >= 4 is 11.9 Å². The molecule has 4 nitrogen and oxygen atoms in total. The van der Waals surface area contributed by atoms with Crippen molar-refractivity contribution in [1.82, 2.24) is 0 Å². The van der Waals surface area contributed by atoms with Crippen molar-refractivity contribution in [2.75, 3.05) is 13.2 Å². The summed E-state index contributed by atoms with van der Waals surface area (Å²) in [5, 5.41) is 0. The van der Waals surface area contributed by atoms with Gasteiger partial charge in [-0.3, -0.25) is 9.59 Å². The van der Waals surface area contributed by atoms with E-state index in [4.69, 9.17) is 4.74 Å². The zero-order valence-corrected chi connectivity index (χ0v) is 9.75. The Morgan fingerprint density at radius 3 is 2.07 bits per heavy atom. The van der Waals surface area contributed by atoms with Crippen molar-refractivity contribution in [2.24, 2.45) is 5.92 Å². The summed E-state index contributed by atoms with van der Waals surface area (Å²) in [6.45, 7) is 6.64. The summed E-state index contributed by atoms with van der Waals surface area (Å²) in [7, 11) is 0. The van der Waals surface area contributed by atoms with Gasteiger partial charge in [0.25, 0.3) is 0 Å². The van der Waals surface area contributed by atoms with Gasteiger partial charge in [-0.2, -0.15) is 0 Å². The summed E-state index contributed by atoms with van der Waals surface area (Å²) in [4.78, 5) is 22.0. The Morgan fingerprint density at radius 1 is 1.07 bits per heavy atom. The Hall–Kier alpha value is -1.06. The molecule has 0 atom stereocenters. The molecule has 0 unspecified atom stereocenters. The third kappa shape index (κ3) is 9.25. The first-order valence-electron chi connectivity index (χ1n) is 5.37. The molecule has 0 aromatic carbocycles. The molecule has 88 valence electrons. The molecular formula is C11H20O4. The van der Waals surface area contributed by atoms with E-state index in [9.17, 15) is 9.59 Å². The molecule has 0 aliphatic carbocycles. The molecule has 0 bridgehead atoms. The summed E-state index contributed by atoms with van der Waals surface area (Å²) >= 11 is 0. The fraction of sp³-hybridized carbons (Fsp3) is 0.818. The average Bonchev–Trinajstić information content (AvgIpc) is 2.14. The lowest BCUT2D eigenvalue weighted by molar-refractivity contribution is -0.150. The van der Waals surface area contributed by atoms with Crippen molar-refractivity contribution < 1.29 is 19.1 Å². The summed E-state index contributed by atoms with van der Waals surface area (Å²) in [6.07, 6.45) is 1.07. The molecule has 0 aromatic rings. The van der Waals surface area contributed by atoms with Crippen LogP contribution in [-0.2, 0) is 19.1 Å². The van der Waals surface area contributed by atoms with Gasteiger partial charge in [0, 0.05) is 0 Å². The first-order chi connectivity index (χ1) is 7.06. The van der Waals surface area contributed by atoms with Crippen LogP contribution in [0.4, 0.5) is 0 Å². The van der Waals surface area contributed by atoms with Crippen LogP contribution in [0.15, 0.2) is 0 Å². The molecule has 0 aliphatic rings. The van der Waals surface area contributed by atoms with E-state index in [-0.39, 0.29) is 24.8 Å². The predicted octanol–water partition coefficient (Wildman–Crippen LogP) is 1.92. The number of carbonyl (C=O) groups is 2. The molecule has 15 heavy (non-hydrogen) atoms. The number of rotatable bonds is 7. The second-order valence-corrected chi connectivity index (χ2v) is 3.71. The minimum atomic E-state index is -0.349. The van der Waals surface area contributed by atoms with Crippen LogP contribution in [0.25, 0.3) is 0 Å². The van der Waals surface area contributed by atoms with Gasteiger partial charge in [0.15, 0.2) is 0 Å². The summed E-state index contributed by atoms with van der Waals surface area (Å²) in [6, 6.07) is 0. The molecule has 0 amide bonds. The van der Waals surface area contributed by atoms with Crippen molar-refractivity contribution in [3.05, 3.63) is 0 Å². The highest BCUT2D eigenvalue weighted by Gasteiger charge is 2.08. The van der Waals surface area contributed by atoms with Gasteiger partial charge in [-0.25, -0.2) is 0 Å². The van der Waals surface area contributed by atoms with Gasteiger partial charge in [-0.15, -0.1) is 0 Å². The molecule has 0 saturated carbocycles. The number of ether oxygens (including phenoxy) is 2. The molecule has 0 fully saturated rings. The van der Waals surface area contributed by atoms with Crippen LogP contribution >= 0.6 is 0 Å². The summed E-state index contributed by atoms with van der Waals surface area (Å²) in [5.74, 6) is -0.162. The van der Waals surface area contributed by atoms with E-state index >= 15 is 0 Å². The molecule has 0 radical (unpaired) electrons. The average molecular weight is 216 g/mol. The maximum absolute atomic E-state index is 11.1. The largest absolute Gasteiger partial charge is 0.466 e. The van der Waals surface area contributed by atoms with E-state index in [2.05, 4.69) is 18.6 Å². The van der Waals surface area contributed by atoms with Gasteiger partial charge in [-0.05, 0) is 19.3 Å². The minimum Gasteiger partial charge on any atom is -0.466 e. The molecule has 0 N–H and O–H groups in total. The lowest BCUT2D eigenvalue weighted by atomic mass is 10.1. The highest BCUT2D eigenvalue weighted by atomic mass is 16.5. The smallest absolute Gasteiger partial charge is 0.306 e. The molecular weight excluding hydrogens is 196 g/mol. The lowest BCUT2D eigenvalue weighted by Crippen LogP contribution is -2.11. The number of hydrogen-bond donors (Lipinski definition) is 0. The van der Waals surface area contributed by atoms with E-state index in [1.165, 1.54) is 0 Å². The Bertz CT molecular complexity index is 199. The quantitative estimate of drug-likeness (QED) is 0.610. The van der Waals surface area contributed by atoms with E-state index in [0.29, 0.717) is 19.1 Å². The molecule has 0 saturated heterocycles.